The minimum Gasteiger partial charge on any atom is -1.00 e. The second-order valence-corrected chi connectivity index (χ2v) is 3.58. The highest BCUT2D eigenvalue weighted by Gasteiger charge is 2.10. The predicted octanol–water partition coefficient (Wildman–Crippen LogP) is -0.992. The van der Waals surface area contributed by atoms with E-state index in [0.717, 1.165) is 12.4 Å². The number of rotatable bonds is 3. The van der Waals surface area contributed by atoms with Crippen LogP contribution in [0, 0.1) is 0 Å². The highest BCUT2D eigenvalue weighted by atomic mass is 35.5. The zero-order valence-corrected chi connectivity index (χ0v) is 10.1. The lowest BCUT2D eigenvalue weighted by atomic mass is 10.2. The third kappa shape index (κ3) is 2.52. The van der Waals surface area contributed by atoms with E-state index in [-0.39, 0.29) is 12.4 Å². The van der Waals surface area contributed by atoms with Crippen LogP contribution >= 0.6 is 0 Å². The molecule has 0 unspecified atom stereocenters. The molecule has 0 saturated heterocycles. The van der Waals surface area contributed by atoms with Gasteiger partial charge in [0.1, 0.15) is 18.9 Å². The van der Waals surface area contributed by atoms with E-state index in [2.05, 4.69) is 46.2 Å². The van der Waals surface area contributed by atoms with Gasteiger partial charge in [-0.2, -0.15) is 0 Å². The van der Waals surface area contributed by atoms with E-state index in [1.54, 1.807) is 0 Å². The van der Waals surface area contributed by atoms with Crippen molar-refractivity contribution in [2.45, 2.75) is 6.54 Å². The fraction of sp³-hybridized carbons (Fsp3) is 0.154. The summed E-state index contributed by atoms with van der Waals surface area (Å²) in [7, 11) is 2.03. The Morgan fingerprint density at radius 1 is 1.31 bits per heavy atom. The number of hydrogen-bond acceptors (Lipinski definition) is 0. The van der Waals surface area contributed by atoms with Gasteiger partial charge in [0.15, 0.2) is 0 Å². The van der Waals surface area contributed by atoms with E-state index in [1.165, 1.54) is 5.56 Å². The van der Waals surface area contributed by atoms with E-state index in [4.69, 9.17) is 0 Å². The number of aromatic nitrogens is 2. The first-order valence-corrected chi connectivity index (χ1v) is 5.02. The fourth-order valence-corrected chi connectivity index (χ4v) is 1.71. The van der Waals surface area contributed by atoms with Crippen LogP contribution < -0.4 is 17.0 Å². The predicted molar refractivity (Wildman–Crippen MR) is 61.2 cm³/mol. The molecule has 0 aliphatic rings. The zero-order chi connectivity index (χ0) is 10.7. The summed E-state index contributed by atoms with van der Waals surface area (Å²) in [6.07, 6.45) is 5.99. The van der Waals surface area contributed by atoms with Crippen molar-refractivity contribution in [3.05, 3.63) is 60.7 Å². The van der Waals surface area contributed by atoms with Crippen molar-refractivity contribution in [1.29, 1.82) is 0 Å². The Balaban J connectivity index is 0.00000128. The van der Waals surface area contributed by atoms with Crippen LogP contribution in [0.25, 0.3) is 6.08 Å². The molecule has 1 aromatic carbocycles. The van der Waals surface area contributed by atoms with Crippen LogP contribution in [-0.4, -0.2) is 4.57 Å². The topological polar surface area (TPSA) is 8.81 Å². The van der Waals surface area contributed by atoms with Gasteiger partial charge in [0.05, 0.1) is 7.05 Å². The van der Waals surface area contributed by atoms with Crippen LogP contribution in [0.5, 0.6) is 0 Å². The summed E-state index contributed by atoms with van der Waals surface area (Å²) < 4.78 is 4.25. The maximum absolute atomic E-state index is 3.82. The van der Waals surface area contributed by atoms with E-state index in [1.807, 2.05) is 25.4 Å². The quantitative estimate of drug-likeness (QED) is 0.603. The normalized spacial score (nSPS) is 9.56. The lowest BCUT2D eigenvalue weighted by Gasteiger charge is -1.99. The number of nitrogens with zero attached hydrogens (tertiary/aromatic N) is 2. The van der Waals surface area contributed by atoms with Crippen LogP contribution in [0.15, 0.2) is 49.3 Å². The Bertz CT molecular complexity index is 460. The summed E-state index contributed by atoms with van der Waals surface area (Å²) >= 11 is 0. The Labute approximate surface area is 102 Å². The molecule has 2 rings (SSSR count). The molecule has 0 radical (unpaired) electrons. The molecule has 16 heavy (non-hydrogen) atoms. The van der Waals surface area contributed by atoms with Crippen molar-refractivity contribution in [3.8, 4) is 0 Å². The second kappa shape index (κ2) is 5.52. The van der Waals surface area contributed by atoms with Gasteiger partial charge >= 0.3 is 0 Å². The number of imidazole rings is 1. The van der Waals surface area contributed by atoms with Gasteiger partial charge in [0.25, 0.3) is 5.82 Å². The molecule has 0 atom stereocenters. The third-order valence-electron chi connectivity index (χ3n) is 2.50. The minimum atomic E-state index is 0. The maximum Gasteiger partial charge on any atom is 0.280 e. The van der Waals surface area contributed by atoms with Crippen molar-refractivity contribution in [2.75, 3.05) is 0 Å². The summed E-state index contributed by atoms with van der Waals surface area (Å²) in [6, 6.07) is 10.4. The first-order valence-electron chi connectivity index (χ1n) is 5.02. The van der Waals surface area contributed by atoms with E-state index >= 15 is 0 Å². The summed E-state index contributed by atoms with van der Waals surface area (Å²) in [5.74, 6) is 1.12. The van der Waals surface area contributed by atoms with E-state index in [0.29, 0.717) is 0 Å². The molecule has 0 spiro atoms. The van der Waals surface area contributed by atoms with Crippen molar-refractivity contribution in [3.63, 3.8) is 0 Å². The number of benzene rings is 1. The Morgan fingerprint density at radius 3 is 2.62 bits per heavy atom. The molecule has 0 N–H and O–H groups in total. The summed E-state index contributed by atoms with van der Waals surface area (Å²) in [6.45, 7) is 4.72. The van der Waals surface area contributed by atoms with E-state index < -0.39 is 0 Å². The third-order valence-corrected chi connectivity index (χ3v) is 2.50. The molecular weight excluding hydrogens is 220 g/mol. The van der Waals surface area contributed by atoms with Crippen molar-refractivity contribution in [1.82, 2.24) is 4.57 Å². The average molecular weight is 235 g/mol. The lowest BCUT2D eigenvalue weighted by molar-refractivity contribution is -0.672. The van der Waals surface area contributed by atoms with Gasteiger partial charge in [-0.05, 0) is 5.56 Å². The molecule has 0 amide bonds. The first kappa shape index (κ1) is 12.5. The van der Waals surface area contributed by atoms with Gasteiger partial charge in [-0.1, -0.05) is 36.9 Å². The molecule has 2 nitrogen and oxygen atoms in total. The monoisotopic (exact) mass is 234 g/mol. The molecule has 3 heteroatoms. The first-order chi connectivity index (χ1) is 7.31. The molecule has 1 aromatic heterocycles. The van der Waals surface area contributed by atoms with Gasteiger partial charge in [-0.15, -0.1) is 0 Å². The second-order valence-electron chi connectivity index (χ2n) is 3.58. The Morgan fingerprint density at radius 2 is 2.00 bits per heavy atom. The van der Waals surface area contributed by atoms with Crippen molar-refractivity contribution >= 4 is 6.08 Å². The average Bonchev–Trinajstić information content (AvgIpc) is 2.61. The van der Waals surface area contributed by atoms with Gasteiger partial charge < -0.3 is 12.4 Å². The molecule has 0 aliphatic carbocycles. The largest absolute Gasteiger partial charge is 1.00 e. The molecular formula is C13H15ClN2. The number of aryl methyl sites for hydroxylation is 1. The van der Waals surface area contributed by atoms with Gasteiger partial charge in [-0.25, -0.2) is 9.13 Å². The molecule has 0 fully saturated rings. The maximum atomic E-state index is 3.82. The SMILES string of the molecule is C=Cc1n(Cc2ccccc2)cc[n+]1C.[Cl-]. The Kier molecular flexibility index (Phi) is 4.32. The molecule has 2 aromatic rings. The van der Waals surface area contributed by atoms with Crippen LogP contribution in [0.1, 0.15) is 11.4 Å². The van der Waals surface area contributed by atoms with E-state index in [9.17, 15) is 0 Å². The van der Waals surface area contributed by atoms with Crippen molar-refractivity contribution < 1.29 is 17.0 Å². The molecule has 84 valence electrons. The van der Waals surface area contributed by atoms with Crippen LogP contribution in [0.2, 0.25) is 0 Å². The smallest absolute Gasteiger partial charge is 0.280 e. The molecule has 0 bridgehead atoms. The van der Waals surface area contributed by atoms with Gasteiger partial charge in [0, 0.05) is 6.08 Å². The molecule has 0 aliphatic heterocycles. The van der Waals surface area contributed by atoms with Crippen LogP contribution in [-0.2, 0) is 13.6 Å². The standard InChI is InChI=1S/C13H15N2.ClH/c1-3-13-14(2)9-10-15(13)11-12-7-5-4-6-8-12;/h3-10H,1,11H2,2H3;1H/q+1;/p-1. The van der Waals surface area contributed by atoms with Crippen molar-refractivity contribution in [2.24, 2.45) is 7.05 Å². The zero-order valence-electron chi connectivity index (χ0n) is 9.31. The Hall–Kier alpha value is -1.54. The summed E-state index contributed by atoms with van der Waals surface area (Å²) in [4.78, 5) is 0. The number of halogens is 1. The van der Waals surface area contributed by atoms with Crippen LogP contribution in [0.4, 0.5) is 0 Å². The van der Waals surface area contributed by atoms with Crippen LogP contribution in [0.3, 0.4) is 0 Å². The molecule has 0 saturated carbocycles. The lowest BCUT2D eigenvalue weighted by Crippen LogP contribution is -3.00. The highest BCUT2D eigenvalue weighted by Crippen LogP contribution is 2.04. The fourth-order valence-electron chi connectivity index (χ4n) is 1.71. The number of hydrogen-bond donors (Lipinski definition) is 0. The minimum absolute atomic E-state index is 0. The highest BCUT2D eigenvalue weighted by molar-refractivity contribution is 5.33. The summed E-state index contributed by atoms with van der Waals surface area (Å²) in [5, 5.41) is 0. The summed E-state index contributed by atoms with van der Waals surface area (Å²) in [5.41, 5.74) is 1.30. The van der Waals surface area contributed by atoms with Gasteiger partial charge in [0.2, 0.25) is 0 Å². The molecule has 1 heterocycles. The van der Waals surface area contributed by atoms with Gasteiger partial charge in [-0.3, -0.25) is 0 Å².